The summed E-state index contributed by atoms with van der Waals surface area (Å²) in [5.74, 6) is -0.136. The van der Waals surface area contributed by atoms with E-state index < -0.39 is 0 Å². The average Bonchev–Trinajstić information content (AvgIpc) is 3.06. The molecular weight excluding hydrogens is 344 g/mol. The molecule has 128 valence electrons. The molecule has 2 N–H and O–H groups in total. The van der Waals surface area contributed by atoms with E-state index >= 15 is 0 Å². The highest BCUT2D eigenvalue weighted by Gasteiger charge is 2.17. The van der Waals surface area contributed by atoms with Gasteiger partial charge in [0.25, 0.3) is 5.91 Å². The molecule has 4 rings (SSSR count). The third-order valence-corrected chi connectivity index (χ3v) is 4.59. The minimum absolute atomic E-state index is 0.136. The van der Waals surface area contributed by atoms with Gasteiger partial charge in [0.05, 0.1) is 5.69 Å². The zero-order chi connectivity index (χ0) is 17.9. The third kappa shape index (κ3) is 3.22. The van der Waals surface area contributed by atoms with Gasteiger partial charge in [0.1, 0.15) is 5.69 Å². The first kappa shape index (κ1) is 16.4. The third-order valence-electron chi connectivity index (χ3n) is 4.36. The molecule has 0 fully saturated rings. The lowest BCUT2D eigenvalue weighted by atomic mass is 10.1. The van der Waals surface area contributed by atoms with E-state index in [1.807, 2.05) is 72.8 Å². The second kappa shape index (κ2) is 7.06. The van der Waals surface area contributed by atoms with Crippen LogP contribution < -0.4 is 5.32 Å². The molecule has 0 saturated carbocycles. The fraction of sp³-hybridized carbons (Fsp3) is 0.0455. The van der Waals surface area contributed by atoms with Crippen LogP contribution in [0.1, 0.15) is 16.1 Å². The maximum Gasteiger partial charge on any atom is 0.268 e. The van der Waals surface area contributed by atoms with Crippen LogP contribution in [0.4, 0.5) is 0 Å². The van der Waals surface area contributed by atoms with E-state index in [0.29, 0.717) is 17.3 Å². The van der Waals surface area contributed by atoms with Gasteiger partial charge in [0.2, 0.25) is 0 Å². The van der Waals surface area contributed by atoms with Crippen molar-refractivity contribution in [3.63, 3.8) is 0 Å². The van der Waals surface area contributed by atoms with E-state index in [-0.39, 0.29) is 5.91 Å². The first-order valence-electron chi connectivity index (χ1n) is 8.41. The number of aromatic nitrogens is 1. The summed E-state index contributed by atoms with van der Waals surface area (Å²) in [6, 6.07) is 25.4. The molecule has 1 aromatic heterocycles. The fourth-order valence-corrected chi connectivity index (χ4v) is 3.25. The van der Waals surface area contributed by atoms with Gasteiger partial charge in [-0.1, -0.05) is 78.3 Å². The number of halogens is 1. The van der Waals surface area contributed by atoms with Crippen molar-refractivity contribution >= 4 is 28.3 Å². The van der Waals surface area contributed by atoms with Gasteiger partial charge in [0.15, 0.2) is 0 Å². The highest BCUT2D eigenvalue weighted by Crippen LogP contribution is 2.32. The first-order chi connectivity index (χ1) is 12.7. The molecule has 0 bridgehead atoms. The number of carbonyl (C=O) groups is 1. The summed E-state index contributed by atoms with van der Waals surface area (Å²) < 4.78 is 0. The number of fused-ring (bicyclic) bond motifs is 1. The van der Waals surface area contributed by atoms with Gasteiger partial charge in [-0.2, -0.15) is 0 Å². The average molecular weight is 361 g/mol. The molecule has 3 nitrogen and oxygen atoms in total. The predicted octanol–water partition coefficient (Wildman–Crippen LogP) is 5.42. The van der Waals surface area contributed by atoms with Crippen molar-refractivity contribution in [3.8, 4) is 11.3 Å². The zero-order valence-electron chi connectivity index (χ0n) is 14.0. The van der Waals surface area contributed by atoms with Crippen molar-refractivity contribution in [1.29, 1.82) is 0 Å². The molecular formula is C22H17ClN2O. The Bertz CT molecular complexity index is 1060. The van der Waals surface area contributed by atoms with Crippen LogP contribution in [0.5, 0.6) is 0 Å². The molecule has 0 aliphatic heterocycles. The lowest BCUT2D eigenvalue weighted by Gasteiger charge is -2.04. The van der Waals surface area contributed by atoms with Crippen molar-refractivity contribution in [2.75, 3.05) is 0 Å². The Kier molecular flexibility index (Phi) is 4.46. The fourth-order valence-electron chi connectivity index (χ4n) is 3.08. The van der Waals surface area contributed by atoms with Gasteiger partial charge in [-0.3, -0.25) is 4.79 Å². The normalized spacial score (nSPS) is 10.8. The Morgan fingerprint density at radius 1 is 0.885 bits per heavy atom. The number of rotatable bonds is 4. The van der Waals surface area contributed by atoms with Crippen molar-refractivity contribution in [2.45, 2.75) is 6.54 Å². The maximum atomic E-state index is 12.8. The van der Waals surface area contributed by atoms with Crippen LogP contribution in [-0.2, 0) is 6.54 Å². The zero-order valence-corrected chi connectivity index (χ0v) is 14.8. The molecule has 4 aromatic rings. The highest BCUT2D eigenvalue weighted by atomic mass is 35.5. The summed E-state index contributed by atoms with van der Waals surface area (Å²) in [7, 11) is 0. The Balaban J connectivity index is 1.72. The number of hydrogen-bond donors (Lipinski definition) is 2. The number of hydrogen-bond acceptors (Lipinski definition) is 1. The number of aromatic amines is 1. The van der Waals surface area contributed by atoms with Crippen molar-refractivity contribution < 1.29 is 4.79 Å². The van der Waals surface area contributed by atoms with Crippen LogP contribution in [0.15, 0.2) is 78.9 Å². The Morgan fingerprint density at radius 3 is 2.31 bits per heavy atom. The Hall–Kier alpha value is -3.04. The smallest absolute Gasteiger partial charge is 0.268 e. The van der Waals surface area contributed by atoms with E-state index in [0.717, 1.165) is 27.6 Å². The quantitative estimate of drug-likeness (QED) is 0.501. The van der Waals surface area contributed by atoms with E-state index in [1.54, 1.807) is 6.07 Å². The number of benzene rings is 3. The summed E-state index contributed by atoms with van der Waals surface area (Å²) in [6.45, 7) is 0.481. The standard InChI is InChI=1S/C22H17ClN2O/c23-17-11-12-18-19(13-17)20(16-9-5-2-6-10-16)25-21(18)22(26)24-14-15-7-3-1-4-8-15/h1-13,25H,14H2,(H,24,26). The monoisotopic (exact) mass is 360 g/mol. The predicted molar refractivity (Wildman–Crippen MR) is 106 cm³/mol. The summed E-state index contributed by atoms with van der Waals surface area (Å²) in [6.07, 6.45) is 0. The summed E-state index contributed by atoms with van der Waals surface area (Å²) in [5.41, 5.74) is 3.52. The molecule has 3 aromatic carbocycles. The second-order valence-electron chi connectivity index (χ2n) is 6.10. The lowest BCUT2D eigenvalue weighted by molar-refractivity contribution is 0.0948. The number of H-pyrrole nitrogens is 1. The van der Waals surface area contributed by atoms with Gasteiger partial charge >= 0.3 is 0 Å². The van der Waals surface area contributed by atoms with Crippen molar-refractivity contribution in [3.05, 3.63) is 95.1 Å². The molecule has 4 heteroatoms. The van der Waals surface area contributed by atoms with Gasteiger partial charge in [-0.25, -0.2) is 0 Å². The second-order valence-corrected chi connectivity index (χ2v) is 6.54. The number of amides is 1. The van der Waals surface area contributed by atoms with Crippen LogP contribution in [0.25, 0.3) is 22.0 Å². The summed E-state index contributed by atoms with van der Waals surface area (Å²) in [5, 5.41) is 5.43. The molecule has 26 heavy (non-hydrogen) atoms. The van der Waals surface area contributed by atoms with Gasteiger partial charge in [-0.15, -0.1) is 0 Å². The van der Waals surface area contributed by atoms with Crippen LogP contribution >= 0.6 is 11.6 Å². The van der Waals surface area contributed by atoms with Crippen LogP contribution in [-0.4, -0.2) is 10.9 Å². The Morgan fingerprint density at radius 2 is 1.58 bits per heavy atom. The number of carbonyl (C=O) groups excluding carboxylic acids is 1. The Labute approximate surface area is 156 Å². The van der Waals surface area contributed by atoms with Crippen molar-refractivity contribution in [1.82, 2.24) is 10.3 Å². The maximum absolute atomic E-state index is 12.8. The molecule has 0 unspecified atom stereocenters. The lowest BCUT2D eigenvalue weighted by Crippen LogP contribution is -2.23. The molecule has 1 amide bonds. The topological polar surface area (TPSA) is 44.9 Å². The van der Waals surface area contributed by atoms with Crippen molar-refractivity contribution in [2.24, 2.45) is 0 Å². The molecule has 0 atom stereocenters. The van der Waals surface area contributed by atoms with Crippen LogP contribution in [0.2, 0.25) is 5.02 Å². The van der Waals surface area contributed by atoms with E-state index in [1.165, 1.54) is 0 Å². The minimum atomic E-state index is -0.136. The molecule has 0 radical (unpaired) electrons. The molecule has 0 saturated heterocycles. The number of nitrogens with one attached hydrogen (secondary N) is 2. The molecule has 1 heterocycles. The molecule has 0 spiro atoms. The minimum Gasteiger partial charge on any atom is -0.350 e. The van der Waals surface area contributed by atoms with Gasteiger partial charge in [-0.05, 0) is 23.3 Å². The summed E-state index contributed by atoms with van der Waals surface area (Å²) in [4.78, 5) is 16.1. The first-order valence-corrected chi connectivity index (χ1v) is 8.79. The largest absolute Gasteiger partial charge is 0.350 e. The van der Waals surface area contributed by atoms with Gasteiger partial charge in [0, 0.05) is 22.3 Å². The van der Waals surface area contributed by atoms with E-state index in [4.69, 9.17) is 11.6 Å². The molecule has 0 aliphatic carbocycles. The van der Waals surface area contributed by atoms with E-state index in [2.05, 4.69) is 10.3 Å². The van der Waals surface area contributed by atoms with Crippen LogP contribution in [0, 0.1) is 0 Å². The summed E-state index contributed by atoms with van der Waals surface area (Å²) >= 11 is 6.19. The SMILES string of the molecule is O=C(NCc1ccccc1)c1[nH]c(-c2ccccc2)c2cc(Cl)ccc12. The highest BCUT2D eigenvalue weighted by molar-refractivity contribution is 6.31. The molecule has 0 aliphatic rings. The van der Waals surface area contributed by atoms with Gasteiger partial charge < -0.3 is 10.3 Å². The van der Waals surface area contributed by atoms with Crippen LogP contribution in [0.3, 0.4) is 0 Å². The van der Waals surface area contributed by atoms with E-state index in [9.17, 15) is 4.79 Å².